The molecule has 5 heteroatoms. The molecule has 0 amide bonds. The van der Waals surface area contributed by atoms with E-state index < -0.39 is 23.2 Å². The van der Waals surface area contributed by atoms with Crippen LogP contribution in [0.4, 0.5) is 8.78 Å². The van der Waals surface area contributed by atoms with Crippen molar-refractivity contribution in [3.8, 4) is 5.75 Å². The first kappa shape index (κ1) is 10.9. The van der Waals surface area contributed by atoms with Gasteiger partial charge in [0.15, 0.2) is 23.2 Å². The predicted octanol–water partition coefficient (Wildman–Crippen LogP) is 2.39. The molecule has 2 nitrogen and oxygen atoms in total. The maximum Gasteiger partial charge on any atom is 0.191 e. The molecule has 0 unspecified atom stereocenters. The SMILES string of the molecule is COc1c(F)ccc(C(=O)CCl)c1F. The molecule has 76 valence electrons. The fraction of sp³-hybridized carbons (Fsp3) is 0.222. The van der Waals surface area contributed by atoms with Gasteiger partial charge in [0.1, 0.15) is 0 Å². The molecule has 0 fully saturated rings. The highest BCUT2D eigenvalue weighted by Crippen LogP contribution is 2.24. The van der Waals surface area contributed by atoms with E-state index in [2.05, 4.69) is 4.74 Å². The molecule has 0 radical (unpaired) electrons. The van der Waals surface area contributed by atoms with Crippen molar-refractivity contribution in [2.24, 2.45) is 0 Å². The van der Waals surface area contributed by atoms with Crippen LogP contribution in [0.5, 0.6) is 5.75 Å². The summed E-state index contributed by atoms with van der Waals surface area (Å²) in [4.78, 5) is 11.1. The second kappa shape index (κ2) is 4.37. The lowest BCUT2D eigenvalue weighted by Crippen LogP contribution is -2.06. The second-order valence-electron chi connectivity index (χ2n) is 2.50. The lowest BCUT2D eigenvalue weighted by atomic mass is 10.1. The Morgan fingerprint density at radius 1 is 1.50 bits per heavy atom. The van der Waals surface area contributed by atoms with Gasteiger partial charge in [-0.05, 0) is 12.1 Å². The highest BCUT2D eigenvalue weighted by molar-refractivity contribution is 6.30. The maximum absolute atomic E-state index is 13.3. The molecule has 0 aliphatic heterocycles. The van der Waals surface area contributed by atoms with Gasteiger partial charge in [0.05, 0.1) is 18.6 Å². The Morgan fingerprint density at radius 2 is 2.14 bits per heavy atom. The summed E-state index contributed by atoms with van der Waals surface area (Å²) in [6, 6.07) is 2.00. The first-order valence-electron chi connectivity index (χ1n) is 3.73. The number of rotatable bonds is 3. The summed E-state index contributed by atoms with van der Waals surface area (Å²) in [5, 5.41) is 0. The topological polar surface area (TPSA) is 26.3 Å². The van der Waals surface area contributed by atoms with E-state index in [1.165, 1.54) is 0 Å². The van der Waals surface area contributed by atoms with Crippen LogP contribution in [-0.4, -0.2) is 18.8 Å². The molecule has 0 atom stereocenters. The van der Waals surface area contributed by atoms with Crippen molar-refractivity contribution >= 4 is 17.4 Å². The molecule has 0 spiro atoms. The van der Waals surface area contributed by atoms with Crippen LogP contribution >= 0.6 is 11.6 Å². The lowest BCUT2D eigenvalue weighted by molar-refractivity contribution is 0.101. The van der Waals surface area contributed by atoms with Crippen LogP contribution in [0, 0.1) is 11.6 Å². The molecule has 0 N–H and O–H groups in total. The van der Waals surface area contributed by atoms with Crippen LogP contribution < -0.4 is 4.74 Å². The zero-order valence-corrected chi connectivity index (χ0v) is 8.07. The number of carbonyl (C=O) groups excluding carboxylic acids is 1. The molecular weight excluding hydrogens is 214 g/mol. The number of methoxy groups -OCH3 is 1. The average molecular weight is 221 g/mol. The van der Waals surface area contributed by atoms with E-state index in [-0.39, 0.29) is 11.4 Å². The first-order valence-corrected chi connectivity index (χ1v) is 4.26. The summed E-state index contributed by atoms with van der Waals surface area (Å²) in [5.41, 5.74) is -0.266. The highest BCUT2D eigenvalue weighted by Gasteiger charge is 2.18. The first-order chi connectivity index (χ1) is 6.61. The molecule has 1 rings (SSSR count). The zero-order valence-electron chi connectivity index (χ0n) is 7.31. The van der Waals surface area contributed by atoms with Crippen LogP contribution in [0.2, 0.25) is 0 Å². The Morgan fingerprint density at radius 3 is 2.64 bits per heavy atom. The number of alkyl halides is 1. The van der Waals surface area contributed by atoms with E-state index in [0.717, 1.165) is 19.2 Å². The van der Waals surface area contributed by atoms with Gasteiger partial charge in [-0.15, -0.1) is 11.6 Å². The van der Waals surface area contributed by atoms with Crippen LogP contribution in [0.3, 0.4) is 0 Å². The van der Waals surface area contributed by atoms with E-state index >= 15 is 0 Å². The van der Waals surface area contributed by atoms with E-state index in [1.807, 2.05) is 0 Å². The molecule has 0 saturated carbocycles. The minimum absolute atomic E-state index is 0.266. The van der Waals surface area contributed by atoms with E-state index in [0.29, 0.717) is 0 Å². The van der Waals surface area contributed by atoms with Gasteiger partial charge in [0.2, 0.25) is 0 Å². The zero-order chi connectivity index (χ0) is 10.7. The maximum atomic E-state index is 13.3. The molecule has 1 aromatic rings. The Hall–Kier alpha value is -1.16. The number of hydrogen-bond acceptors (Lipinski definition) is 2. The molecule has 0 aromatic heterocycles. The normalized spacial score (nSPS) is 10.0. The summed E-state index contributed by atoms with van der Waals surface area (Å²) in [6.07, 6.45) is 0. The smallest absolute Gasteiger partial charge is 0.191 e. The number of benzene rings is 1. The van der Waals surface area contributed by atoms with Crippen molar-refractivity contribution < 1.29 is 18.3 Å². The average Bonchev–Trinajstić information content (AvgIpc) is 2.18. The number of carbonyl (C=O) groups is 1. The molecule has 0 bridgehead atoms. The molecular formula is C9H7ClF2O2. The van der Waals surface area contributed by atoms with Crippen LogP contribution in [-0.2, 0) is 0 Å². The third-order valence-corrected chi connectivity index (χ3v) is 1.92. The van der Waals surface area contributed by atoms with Gasteiger partial charge >= 0.3 is 0 Å². The van der Waals surface area contributed by atoms with Crippen LogP contribution in [0.1, 0.15) is 10.4 Å². The van der Waals surface area contributed by atoms with Gasteiger partial charge in [0, 0.05) is 0 Å². The minimum Gasteiger partial charge on any atom is -0.491 e. The summed E-state index contributed by atoms with van der Waals surface area (Å²) >= 11 is 5.24. The predicted molar refractivity (Wildman–Crippen MR) is 48.0 cm³/mol. The molecule has 14 heavy (non-hydrogen) atoms. The van der Waals surface area contributed by atoms with Gasteiger partial charge < -0.3 is 4.74 Å². The third kappa shape index (κ3) is 1.85. The van der Waals surface area contributed by atoms with Crippen molar-refractivity contribution in [3.63, 3.8) is 0 Å². The number of hydrogen-bond donors (Lipinski definition) is 0. The summed E-state index contributed by atoms with van der Waals surface area (Å²) in [7, 11) is 1.12. The van der Waals surface area contributed by atoms with Crippen molar-refractivity contribution in [2.45, 2.75) is 0 Å². The number of halogens is 3. The van der Waals surface area contributed by atoms with Gasteiger partial charge in [0.25, 0.3) is 0 Å². The third-order valence-electron chi connectivity index (χ3n) is 1.67. The van der Waals surface area contributed by atoms with E-state index in [1.54, 1.807) is 0 Å². The number of Topliss-reactive ketones (excluding diaryl/α,β-unsaturated/α-hetero) is 1. The van der Waals surface area contributed by atoms with Crippen molar-refractivity contribution in [1.29, 1.82) is 0 Å². The van der Waals surface area contributed by atoms with Crippen LogP contribution in [0.25, 0.3) is 0 Å². The largest absolute Gasteiger partial charge is 0.491 e. The monoisotopic (exact) mass is 220 g/mol. The second-order valence-corrected chi connectivity index (χ2v) is 2.77. The van der Waals surface area contributed by atoms with Gasteiger partial charge in [-0.3, -0.25) is 4.79 Å². The molecule has 0 heterocycles. The van der Waals surface area contributed by atoms with Gasteiger partial charge in [-0.1, -0.05) is 0 Å². The molecule has 1 aromatic carbocycles. The van der Waals surface area contributed by atoms with Crippen molar-refractivity contribution in [2.75, 3.05) is 13.0 Å². The van der Waals surface area contributed by atoms with Crippen molar-refractivity contribution in [3.05, 3.63) is 29.3 Å². The Bertz CT molecular complexity index is 366. The van der Waals surface area contributed by atoms with E-state index in [4.69, 9.17) is 11.6 Å². The van der Waals surface area contributed by atoms with Gasteiger partial charge in [-0.2, -0.15) is 0 Å². The molecule has 0 aliphatic carbocycles. The minimum atomic E-state index is -1.02. The van der Waals surface area contributed by atoms with E-state index in [9.17, 15) is 13.6 Å². The molecule has 0 saturated heterocycles. The lowest BCUT2D eigenvalue weighted by Gasteiger charge is -2.06. The van der Waals surface area contributed by atoms with Crippen LogP contribution in [0.15, 0.2) is 12.1 Å². The number of ketones is 1. The van der Waals surface area contributed by atoms with Crippen molar-refractivity contribution in [1.82, 2.24) is 0 Å². The molecule has 0 aliphatic rings. The quantitative estimate of drug-likeness (QED) is 0.578. The Kier molecular flexibility index (Phi) is 3.41. The summed E-state index contributed by atoms with van der Waals surface area (Å²) in [6.45, 7) is 0. The Balaban J connectivity index is 3.28. The number of ether oxygens (including phenoxy) is 1. The van der Waals surface area contributed by atoms with Gasteiger partial charge in [-0.25, -0.2) is 8.78 Å². The fourth-order valence-electron chi connectivity index (χ4n) is 1.01. The fourth-order valence-corrected chi connectivity index (χ4v) is 1.15. The standard InChI is InChI=1S/C9H7ClF2O2/c1-14-9-6(11)3-2-5(8(9)12)7(13)4-10/h2-3H,4H2,1H3. The summed E-state index contributed by atoms with van der Waals surface area (Å²) < 4.78 is 30.7. The highest BCUT2D eigenvalue weighted by atomic mass is 35.5. The summed E-state index contributed by atoms with van der Waals surface area (Å²) in [5.74, 6) is -3.40. The Labute approximate surface area is 84.4 Å².